The fourth-order valence-corrected chi connectivity index (χ4v) is 2.41. The average Bonchev–Trinajstić information content (AvgIpc) is 2.67. The van der Waals surface area contributed by atoms with Gasteiger partial charge in [-0.3, -0.25) is 4.79 Å². The zero-order chi connectivity index (χ0) is 11.7. The molecule has 0 aromatic heterocycles. The van der Waals surface area contributed by atoms with E-state index in [9.17, 15) is 9.18 Å². The molecule has 2 nitrogen and oxygen atoms in total. The maximum absolute atomic E-state index is 13.0. The molecule has 1 aliphatic rings. The lowest BCUT2D eigenvalue weighted by atomic mass is 9.93. The second-order valence-electron chi connectivity index (χ2n) is 4.19. The van der Waals surface area contributed by atoms with E-state index in [1.807, 2.05) is 0 Å². The van der Waals surface area contributed by atoms with Gasteiger partial charge in [0.15, 0.2) is 5.78 Å². The second-order valence-corrected chi connectivity index (χ2v) is 4.60. The van der Waals surface area contributed by atoms with Gasteiger partial charge in [0, 0.05) is 17.5 Å². The van der Waals surface area contributed by atoms with Crippen LogP contribution in [0.4, 0.5) is 4.39 Å². The fourth-order valence-electron chi connectivity index (χ4n) is 2.20. The van der Waals surface area contributed by atoms with Gasteiger partial charge >= 0.3 is 0 Å². The predicted molar refractivity (Wildman–Crippen MR) is 61.1 cm³/mol. The zero-order valence-corrected chi connectivity index (χ0v) is 9.51. The topological polar surface area (TPSA) is 43.1 Å². The Morgan fingerprint density at radius 1 is 1.44 bits per heavy atom. The summed E-state index contributed by atoms with van der Waals surface area (Å²) in [5.41, 5.74) is 6.10. The van der Waals surface area contributed by atoms with E-state index in [0.29, 0.717) is 5.02 Å². The molecule has 0 spiro atoms. The average molecular weight is 242 g/mol. The molecule has 0 saturated heterocycles. The molecule has 4 heteroatoms. The monoisotopic (exact) mass is 241 g/mol. The minimum atomic E-state index is -0.445. The maximum Gasteiger partial charge on any atom is 0.169 e. The Labute approximate surface area is 98.6 Å². The van der Waals surface area contributed by atoms with Gasteiger partial charge in [-0.05, 0) is 31.0 Å². The molecule has 2 atom stereocenters. The van der Waals surface area contributed by atoms with Gasteiger partial charge in [0.2, 0.25) is 0 Å². The molecule has 1 aromatic carbocycles. The van der Waals surface area contributed by atoms with Crippen molar-refractivity contribution in [3.63, 3.8) is 0 Å². The van der Waals surface area contributed by atoms with Gasteiger partial charge in [0.05, 0.1) is 5.02 Å². The first-order chi connectivity index (χ1) is 7.59. The third kappa shape index (κ3) is 2.11. The van der Waals surface area contributed by atoms with E-state index in [-0.39, 0.29) is 23.3 Å². The molecule has 2 unspecified atom stereocenters. The molecule has 1 fully saturated rings. The van der Waals surface area contributed by atoms with Gasteiger partial charge in [0.25, 0.3) is 0 Å². The van der Waals surface area contributed by atoms with Crippen molar-refractivity contribution in [2.24, 2.45) is 11.7 Å². The molecule has 2 rings (SSSR count). The van der Waals surface area contributed by atoms with Crippen LogP contribution in [-0.4, -0.2) is 11.8 Å². The van der Waals surface area contributed by atoms with Crippen molar-refractivity contribution >= 4 is 17.4 Å². The summed E-state index contributed by atoms with van der Waals surface area (Å²) in [5, 5.41) is 0.297. The van der Waals surface area contributed by atoms with E-state index in [1.165, 1.54) is 18.2 Å². The van der Waals surface area contributed by atoms with Crippen LogP contribution in [0.3, 0.4) is 0 Å². The number of carbonyl (C=O) groups excluding carboxylic acids is 1. The van der Waals surface area contributed by atoms with E-state index in [1.54, 1.807) is 0 Å². The number of carbonyl (C=O) groups is 1. The van der Waals surface area contributed by atoms with Crippen molar-refractivity contribution in [3.05, 3.63) is 34.6 Å². The second kappa shape index (κ2) is 4.52. The lowest BCUT2D eigenvalue weighted by Gasteiger charge is -2.14. The Morgan fingerprint density at radius 3 is 2.81 bits per heavy atom. The number of rotatable bonds is 2. The van der Waals surface area contributed by atoms with E-state index in [4.69, 9.17) is 17.3 Å². The van der Waals surface area contributed by atoms with Crippen molar-refractivity contribution in [2.45, 2.75) is 25.3 Å². The molecule has 86 valence electrons. The third-order valence-corrected chi connectivity index (χ3v) is 3.43. The third-order valence-electron chi connectivity index (χ3n) is 3.10. The van der Waals surface area contributed by atoms with E-state index in [2.05, 4.69) is 0 Å². The van der Waals surface area contributed by atoms with Gasteiger partial charge in [0.1, 0.15) is 5.82 Å². The van der Waals surface area contributed by atoms with Crippen molar-refractivity contribution < 1.29 is 9.18 Å². The molecular formula is C12H13ClFNO. The highest BCUT2D eigenvalue weighted by atomic mass is 35.5. The fraction of sp³-hybridized carbons (Fsp3) is 0.417. The molecule has 1 saturated carbocycles. The summed E-state index contributed by atoms with van der Waals surface area (Å²) in [5.74, 6) is -0.784. The Balaban J connectivity index is 2.29. The Kier molecular flexibility index (Phi) is 3.26. The van der Waals surface area contributed by atoms with Gasteiger partial charge in [-0.25, -0.2) is 4.39 Å². The van der Waals surface area contributed by atoms with E-state index < -0.39 is 5.82 Å². The number of benzene rings is 1. The van der Waals surface area contributed by atoms with Crippen LogP contribution in [0.5, 0.6) is 0 Å². The minimum Gasteiger partial charge on any atom is -0.327 e. The van der Waals surface area contributed by atoms with Crippen molar-refractivity contribution in [1.29, 1.82) is 0 Å². The predicted octanol–water partition coefficient (Wildman–Crippen LogP) is 2.79. The Bertz CT molecular complexity index is 421. The van der Waals surface area contributed by atoms with Crippen LogP contribution in [0.15, 0.2) is 18.2 Å². The largest absolute Gasteiger partial charge is 0.327 e. The molecule has 16 heavy (non-hydrogen) atoms. The molecule has 1 aliphatic carbocycles. The van der Waals surface area contributed by atoms with E-state index >= 15 is 0 Å². The lowest BCUT2D eigenvalue weighted by Crippen LogP contribution is -2.30. The van der Waals surface area contributed by atoms with Gasteiger partial charge < -0.3 is 5.73 Å². The highest BCUT2D eigenvalue weighted by molar-refractivity contribution is 6.34. The quantitative estimate of drug-likeness (QED) is 0.809. The summed E-state index contributed by atoms with van der Waals surface area (Å²) in [6, 6.07) is 3.72. The summed E-state index contributed by atoms with van der Waals surface area (Å²) in [4.78, 5) is 12.1. The number of hydrogen-bond acceptors (Lipinski definition) is 2. The smallest absolute Gasteiger partial charge is 0.169 e. The molecule has 0 aliphatic heterocycles. The van der Waals surface area contributed by atoms with Crippen molar-refractivity contribution in [2.75, 3.05) is 0 Å². The summed E-state index contributed by atoms with van der Waals surface area (Å²) in [7, 11) is 0. The van der Waals surface area contributed by atoms with Crippen LogP contribution in [0.25, 0.3) is 0 Å². The van der Waals surface area contributed by atoms with Gasteiger partial charge in [-0.2, -0.15) is 0 Å². The molecule has 0 radical (unpaired) electrons. The van der Waals surface area contributed by atoms with Crippen LogP contribution in [0.1, 0.15) is 29.6 Å². The standard InChI is InChI=1S/C12H13ClFNO/c13-10-5-4-7(14)6-9(10)12(16)8-2-1-3-11(8)15/h4-6,8,11H,1-3,15H2. The molecular weight excluding hydrogens is 229 g/mol. The normalized spacial score (nSPS) is 24.7. The van der Waals surface area contributed by atoms with Crippen molar-refractivity contribution in [1.82, 2.24) is 0 Å². The zero-order valence-electron chi connectivity index (χ0n) is 8.75. The van der Waals surface area contributed by atoms with E-state index in [0.717, 1.165) is 19.3 Å². The maximum atomic E-state index is 13.0. The highest BCUT2D eigenvalue weighted by Gasteiger charge is 2.31. The number of nitrogens with two attached hydrogens (primary N) is 1. The summed E-state index contributed by atoms with van der Waals surface area (Å²) >= 11 is 5.89. The summed E-state index contributed by atoms with van der Waals surface area (Å²) in [6.45, 7) is 0. The number of halogens is 2. The molecule has 0 amide bonds. The van der Waals surface area contributed by atoms with Gasteiger partial charge in [-0.15, -0.1) is 0 Å². The van der Waals surface area contributed by atoms with Gasteiger partial charge in [-0.1, -0.05) is 18.0 Å². The minimum absolute atomic E-state index is 0.119. The molecule has 0 heterocycles. The van der Waals surface area contributed by atoms with Crippen LogP contribution in [-0.2, 0) is 0 Å². The van der Waals surface area contributed by atoms with Crippen molar-refractivity contribution in [3.8, 4) is 0 Å². The SMILES string of the molecule is NC1CCCC1C(=O)c1cc(F)ccc1Cl. The first-order valence-corrected chi connectivity index (χ1v) is 5.72. The Morgan fingerprint density at radius 2 is 2.19 bits per heavy atom. The van der Waals surface area contributed by atoms with Crippen LogP contribution >= 0.6 is 11.6 Å². The van der Waals surface area contributed by atoms with Crippen LogP contribution < -0.4 is 5.73 Å². The Hall–Kier alpha value is -0.930. The highest BCUT2D eigenvalue weighted by Crippen LogP contribution is 2.30. The first kappa shape index (κ1) is 11.6. The number of ketones is 1. The van der Waals surface area contributed by atoms with Crippen LogP contribution in [0.2, 0.25) is 5.02 Å². The summed E-state index contributed by atoms with van der Waals surface area (Å²) in [6.07, 6.45) is 2.57. The number of hydrogen-bond donors (Lipinski definition) is 1. The summed E-state index contributed by atoms with van der Waals surface area (Å²) < 4.78 is 13.0. The van der Waals surface area contributed by atoms with Crippen LogP contribution in [0, 0.1) is 11.7 Å². The molecule has 0 bridgehead atoms. The molecule has 2 N–H and O–H groups in total. The number of Topliss-reactive ketones (excluding diaryl/α,β-unsaturated/α-hetero) is 1. The lowest BCUT2D eigenvalue weighted by molar-refractivity contribution is 0.0913. The molecule has 1 aromatic rings. The first-order valence-electron chi connectivity index (χ1n) is 5.34.